The first-order valence-corrected chi connectivity index (χ1v) is 10.00. The second-order valence-electron chi connectivity index (χ2n) is 6.50. The van der Waals surface area contributed by atoms with Crippen LogP contribution in [0.4, 0.5) is 11.8 Å². The average Bonchev–Trinajstić information content (AvgIpc) is 2.53. The molecular formula is C16H20N6O2S. The number of aromatic nitrogens is 3. The van der Waals surface area contributed by atoms with Gasteiger partial charge in [0.15, 0.2) is 15.7 Å². The number of rotatable bonds is 4. The van der Waals surface area contributed by atoms with Crippen molar-refractivity contribution in [3.05, 3.63) is 18.0 Å². The summed E-state index contributed by atoms with van der Waals surface area (Å²) in [4.78, 5) is 13.0. The zero-order chi connectivity index (χ0) is 18.0. The van der Waals surface area contributed by atoms with Crippen molar-refractivity contribution in [3.8, 4) is 6.07 Å². The monoisotopic (exact) mass is 360 g/mol. The molecule has 0 radical (unpaired) electrons. The molecule has 1 saturated heterocycles. The number of hydrogen-bond donors (Lipinski definition) is 2. The van der Waals surface area contributed by atoms with Gasteiger partial charge in [0, 0.05) is 23.7 Å². The maximum absolute atomic E-state index is 11.8. The molecular weight excluding hydrogens is 340 g/mol. The van der Waals surface area contributed by atoms with E-state index in [4.69, 9.17) is 5.26 Å². The molecule has 1 aliphatic heterocycles. The number of anilines is 2. The summed E-state index contributed by atoms with van der Waals surface area (Å²) in [5.74, 6) is 1.23. The maximum Gasteiger partial charge on any atom is 0.223 e. The highest BCUT2D eigenvalue weighted by atomic mass is 32.2. The second-order valence-corrected chi connectivity index (χ2v) is 8.72. The predicted molar refractivity (Wildman–Crippen MR) is 96.1 cm³/mol. The third-order valence-electron chi connectivity index (χ3n) is 3.90. The van der Waals surface area contributed by atoms with E-state index in [2.05, 4.69) is 25.6 Å². The molecule has 1 aliphatic rings. The predicted octanol–water partition coefficient (Wildman–Crippen LogP) is 1.71. The Balaban J connectivity index is 1.94. The van der Waals surface area contributed by atoms with Gasteiger partial charge >= 0.3 is 0 Å². The van der Waals surface area contributed by atoms with E-state index in [9.17, 15) is 8.42 Å². The number of hydrogen-bond acceptors (Lipinski definition) is 8. The Bertz CT molecular complexity index is 936. The Kier molecular flexibility index (Phi) is 4.72. The van der Waals surface area contributed by atoms with E-state index in [1.807, 2.05) is 19.9 Å². The molecule has 2 N–H and O–H groups in total. The van der Waals surface area contributed by atoms with E-state index in [-0.39, 0.29) is 23.6 Å². The molecule has 2 aromatic rings. The van der Waals surface area contributed by atoms with Crippen molar-refractivity contribution >= 4 is 32.5 Å². The van der Waals surface area contributed by atoms with Gasteiger partial charge in [-0.15, -0.1) is 0 Å². The third kappa shape index (κ3) is 4.14. The van der Waals surface area contributed by atoms with Gasteiger partial charge in [0.2, 0.25) is 5.95 Å². The van der Waals surface area contributed by atoms with Crippen LogP contribution in [-0.2, 0) is 9.84 Å². The first-order chi connectivity index (χ1) is 11.9. The summed E-state index contributed by atoms with van der Waals surface area (Å²) in [5, 5.41) is 16.1. The lowest BCUT2D eigenvalue weighted by Crippen LogP contribution is -2.35. The second kappa shape index (κ2) is 6.80. The van der Waals surface area contributed by atoms with Gasteiger partial charge in [0.25, 0.3) is 0 Å². The molecule has 0 saturated carbocycles. The van der Waals surface area contributed by atoms with Crippen LogP contribution in [0.5, 0.6) is 0 Å². The zero-order valence-electron chi connectivity index (χ0n) is 14.2. The molecule has 1 fully saturated rings. The standard InChI is InChI=1S/C16H20N6O2S/c1-10(2)19-15-14-11(6-13(7-17)20-15)8-18-16(22-14)21-12-4-3-5-25(23,24)9-12/h6,8,10,12H,3-5,9H2,1-2H3,(H,19,20)(H,18,21,22). The highest BCUT2D eigenvalue weighted by Crippen LogP contribution is 2.23. The topological polar surface area (TPSA) is 121 Å². The minimum absolute atomic E-state index is 0.0944. The van der Waals surface area contributed by atoms with Crippen LogP contribution in [-0.4, -0.2) is 47.0 Å². The lowest BCUT2D eigenvalue weighted by molar-refractivity contribution is 0.561. The first kappa shape index (κ1) is 17.4. The van der Waals surface area contributed by atoms with E-state index < -0.39 is 9.84 Å². The quantitative estimate of drug-likeness (QED) is 0.845. The minimum atomic E-state index is -3.01. The number of nitrogens with one attached hydrogen (secondary N) is 2. The Labute approximate surface area is 146 Å². The fourth-order valence-corrected chi connectivity index (χ4v) is 4.50. The van der Waals surface area contributed by atoms with Crippen LogP contribution in [0, 0.1) is 11.3 Å². The van der Waals surface area contributed by atoms with Crippen LogP contribution < -0.4 is 10.6 Å². The van der Waals surface area contributed by atoms with Crippen LogP contribution in [0.3, 0.4) is 0 Å². The largest absolute Gasteiger partial charge is 0.366 e. The van der Waals surface area contributed by atoms with Crippen molar-refractivity contribution in [2.24, 2.45) is 0 Å². The molecule has 25 heavy (non-hydrogen) atoms. The molecule has 0 spiro atoms. The van der Waals surface area contributed by atoms with Crippen molar-refractivity contribution in [1.82, 2.24) is 15.0 Å². The highest BCUT2D eigenvalue weighted by molar-refractivity contribution is 7.91. The van der Waals surface area contributed by atoms with Crippen molar-refractivity contribution in [2.45, 2.75) is 38.8 Å². The van der Waals surface area contributed by atoms with Crippen molar-refractivity contribution in [2.75, 3.05) is 22.1 Å². The molecule has 3 rings (SSSR count). The third-order valence-corrected chi connectivity index (χ3v) is 5.72. The normalized spacial score (nSPS) is 19.5. The molecule has 0 aromatic carbocycles. The van der Waals surface area contributed by atoms with Crippen LogP contribution in [0.2, 0.25) is 0 Å². The van der Waals surface area contributed by atoms with Crippen molar-refractivity contribution in [1.29, 1.82) is 5.26 Å². The van der Waals surface area contributed by atoms with Gasteiger partial charge in [-0.05, 0) is 32.8 Å². The molecule has 0 amide bonds. The number of nitrogens with zero attached hydrogens (tertiary/aromatic N) is 4. The van der Waals surface area contributed by atoms with E-state index >= 15 is 0 Å². The summed E-state index contributed by atoms with van der Waals surface area (Å²) in [5.41, 5.74) is 0.891. The Morgan fingerprint density at radius 1 is 1.36 bits per heavy atom. The molecule has 8 nitrogen and oxygen atoms in total. The highest BCUT2D eigenvalue weighted by Gasteiger charge is 2.25. The van der Waals surface area contributed by atoms with Crippen molar-refractivity contribution in [3.63, 3.8) is 0 Å². The summed E-state index contributed by atoms with van der Waals surface area (Å²) in [7, 11) is -3.01. The molecule has 132 valence electrons. The summed E-state index contributed by atoms with van der Waals surface area (Å²) in [6.07, 6.45) is 3.03. The lowest BCUT2D eigenvalue weighted by Gasteiger charge is -2.23. The Hall–Kier alpha value is -2.47. The smallest absolute Gasteiger partial charge is 0.223 e. The fraction of sp³-hybridized carbons (Fsp3) is 0.500. The molecule has 2 aromatic heterocycles. The lowest BCUT2D eigenvalue weighted by atomic mass is 10.2. The minimum Gasteiger partial charge on any atom is -0.366 e. The van der Waals surface area contributed by atoms with E-state index in [0.29, 0.717) is 34.8 Å². The van der Waals surface area contributed by atoms with Crippen LogP contribution in [0.25, 0.3) is 10.9 Å². The Morgan fingerprint density at radius 3 is 2.84 bits per heavy atom. The first-order valence-electron chi connectivity index (χ1n) is 8.18. The molecule has 0 bridgehead atoms. The van der Waals surface area contributed by atoms with E-state index in [1.165, 1.54) is 0 Å². The molecule has 0 aliphatic carbocycles. The number of pyridine rings is 1. The van der Waals surface area contributed by atoms with E-state index in [1.54, 1.807) is 12.3 Å². The van der Waals surface area contributed by atoms with Gasteiger partial charge in [0.1, 0.15) is 17.3 Å². The van der Waals surface area contributed by atoms with Gasteiger partial charge in [0.05, 0.1) is 11.5 Å². The number of fused-ring (bicyclic) bond motifs is 1. The van der Waals surface area contributed by atoms with Crippen LogP contribution >= 0.6 is 0 Å². The number of sulfone groups is 1. The maximum atomic E-state index is 11.8. The van der Waals surface area contributed by atoms with Gasteiger partial charge in [-0.2, -0.15) is 5.26 Å². The van der Waals surface area contributed by atoms with Crippen molar-refractivity contribution < 1.29 is 8.42 Å². The van der Waals surface area contributed by atoms with Crippen LogP contribution in [0.1, 0.15) is 32.4 Å². The summed E-state index contributed by atoms with van der Waals surface area (Å²) in [6.45, 7) is 3.94. The number of nitriles is 1. The van der Waals surface area contributed by atoms with Gasteiger partial charge in [-0.3, -0.25) is 0 Å². The SMILES string of the molecule is CC(C)Nc1nc(C#N)cc2cnc(NC3CCCS(=O)(=O)C3)nc12. The fourth-order valence-electron chi connectivity index (χ4n) is 2.86. The van der Waals surface area contributed by atoms with Gasteiger partial charge < -0.3 is 10.6 Å². The van der Waals surface area contributed by atoms with E-state index in [0.717, 1.165) is 6.42 Å². The molecule has 9 heteroatoms. The molecule has 1 unspecified atom stereocenters. The Morgan fingerprint density at radius 2 is 2.16 bits per heavy atom. The zero-order valence-corrected chi connectivity index (χ0v) is 15.0. The summed E-state index contributed by atoms with van der Waals surface area (Å²) in [6, 6.07) is 3.60. The van der Waals surface area contributed by atoms with Gasteiger partial charge in [-0.1, -0.05) is 0 Å². The average molecular weight is 360 g/mol. The summed E-state index contributed by atoms with van der Waals surface area (Å²) < 4.78 is 23.6. The van der Waals surface area contributed by atoms with Gasteiger partial charge in [-0.25, -0.2) is 23.4 Å². The summed E-state index contributed by atoms with van der Waals surface area (Å²) >= 11 is 0. The molecule has 3 heterocycles. The molecule has 1 atom stereocenters. The van der Waals surface area contributed by atoms with Crippen LogP contribution in [0.15, 0.2) is 12.3 Å².